The minimum absolute atomic E-state index is 0.0348. The Labute approximate surface area is 87.3 Å². The fraction of sp³-hybridized carbons (Fsp3) is 0.455. The monoisotopic (exact) mass is 206 g/mol. The van der Waals surface area contributed by atoms with Crippen LogP contribution < -0.4 is 5.43 Å². The predicted molar refractivity (Wildman–Crippen MR) is 58.1 cm³/mol. The van der Waals surface area contributed by atoms with E-state index in [2.05, 4.69) is 10.1 Å². The lowest BCUT2D eigenvalue weighted by Gasteiger charge is -2.17. The maximum Gasteiger partial charge on any atom is 0.240 e. The lowest BCUT2D eigenvalue weighted by atomic mass is 9.91. The number of aryl methyl sites for hydroxylation is 1. The molecule has 0 atom stereocenters. The summed E-state index contributed by atoms with van der Waals surface area (Å²) in [6.45, 7) is 7.87. The molecule has 0 fully saturated rings. The van der Waals surface area contributed by atoms with E-state index in [-0.39, 0.29) is 10.8 Å². The number of nitrogens with one attached hydrogen (secondary N) is 1. The number of aromatic amines is 1. The van der Waals surface area contributed by atoms with E-state index < -0.39 is 0 Å². The van der Waals surface area contributed by atoms with Crippen LogP contribution >= 0.6 is 0 Å². The summed E-state index contributed by atoms with van der Waals surface area (Å²) in [7, 11) is 0. The highest BCUT2D eigenvalue weighted by Gasteiger charge is 2.18. The highest BCUT2D eigenvalue weighted by atomic mass is 16.5. The molecule has 0 amide bonds. The number of aromatic nitrogens is 2. The van der Waals surface area contributed by atoms with E-state index in [4.69, 9.17) is 4.52 Å². The van der Waals surface area contributed by atoms with Crippen LogP contribution in [0.1, 0.15) is 32.2 Å². The summed E-state index contributed by atoms with van der Waals surface area (Å²) in [5, 5.41) is 4.32. The van der Waals surface area contributed by atoms with E-state index in [9.17, 15) is 4.79 Å². The van der Waals surface area contributed by atoms with Crippen molar-refractivity contribution in [2.24, 2.45) is 0 Å². The average molecular weight is 206 g/mol. The Balaban J connectivity index is 2.81. The topological polar surface area (TPSA) is 58.9 Å². The maximum absolute atomic E-state index is 11.8. The third-order valence-electron chi connectivity index (χ3n) is 2.44. The minimum Gasteiger partial charge on any atom is -0.337 e. The Morgan fingerprint density at radius 2 is 2.07 bits per heavy atom. The zero-order valence-corrected chi connectivity index (χ0v) is 9.34. The second-order valence-corrected chi connectivity index (χ2v) is 4.77. The molecule has 0 spiro atoms. The summed E-state index contributed by atoms with van der Waals surface area (Å²) >= 11 is 0. The number of rotatable bonds is 0. The van der Waals surface area contributed by atoms with Crippen molar-refractivity contribution in [2.75, 3.05) is 0 Å². The van der Waals surface area contributed by atoms with E-state index in [1.54, 1.807) is 13.0 Å². The van der Waals surface area contributed by atoms with Crippen molar-refractivity contribution in [3.63, 3.8) is 0 Å². The van der Waals surface area contributed by atoms with Gasteiger partial charge in [-0.1, -0.05) is 25.9 Å². The number of hydrogen-bond acceptors (Lipinski definition) is 3. The van der Waals surface area contributed by atoms with Gasteiger partial charge in [0, 0.05) is 17.2 Å². The van der Waals surface area contributed by atoms with Crippen LogP contribution in [-0.4, -0.2) is 10.1 Å². The first-order chi connectivity index (χ1) is 6.89. The van der Waals surface area contributed by atoms with Gasteiger partial charge in [-0.05, 0) is 6.92 Å². The van der Waals surface area contributed by atoms with Gasteiger partial charge < -0.3 is 9.51 Å². The Bertz CT molecular complexity index is 558. The molecule has 0 aliphatic heterocycles. The van der Waals surface area contributed by atoms with Crippen LogP contribution in [0.2, 0.25) is 0 Å². The second kappa shape index (κ2) is 2.95. The van der Waals surface area contributed by atoms with Gasteiger partial charge in [-0.15, -0.1) is 0 Å². The molecule has 2 aromatic heterocycles. The minimum atomic E-state index is -0.103. The number of hydrogen-bond donors (Lipinski definition) is 1. The van der Waals surface area contributed by atoms with Gasteiger partial charge in [-0.25, -0.2) is 0 Å². The van der Waals surface area contributed by atoms with Crippen molar-refractivity contribution in [1.82, 2.24) is 10.1 Å². The van der Waals surface area contributed by atoms with Gasteiger partial charge in [0.15, 0.2) is 5.43 Å². The van der Waals surface area contributed by atoms with Gasteiger partial charge in [0.2, 0.25) is 5.71 Å². The van der Waals surface area contributed by atoms with Gasteiger partial charge in [0.05, 0.1) is 5.69 Å². The molecule has 4 nitrogen and oxygen atoms in total. The van der Waals surface area contributed by atoms with Crippen molar-refractivity contribution in [1.29, 1.82) is 0 Å². The Kier molecular flexibility index (Phi) is 1.96. The molecule has 0 aliphatic carbocycles. The Morgan fingerprint density at radius 3 is 2.67 bits per heavy atom. The third kappa shape index (κ3) is 1.56. The van der Waals surface area contributed by atoms with Gasteiger partial charge in [-0.3, -0.25) is 4.79 Å². The molecule has 0 saturated carbocycles. The fourth-order valence-corrected chi connectivity index (χ4v) is 1.51. The molecular weight excluding hydrogens is 192 g/mol. The average Bonchev–Trinajstić information content (AvgIpc) is 2.46. The molecule has 2 heterocycles. The zero-order chi connectivity index (χ0) is 11.2. The molecule has 0 bridgehead atoms. The van der Waals surface area contributed by atoms with Gasteiger partial charge in [0.1, 0.15) is 5.39 Å². The van der Waals surface area contributed by atoms with Gasteiger partial charge in [-0.2, -0.15) is 0 Å². The van der Waals surface area contributed by atoms with Crippen LogP contribution in [0.25, 0.3) is 11.1 Å². The lowest BCUT2D eigenvalue weighted by Crippen LogP contribution is -2.17. The molecule has 0 radical (unpaired) electrons. The normalized spacial score (nSPS) is 12.3. The molecule has 0 aliphatic rings. The van der Waals surface area contributed by atoms with Crippen molar-refractivity contribution in [2.45, 2.75) is 33.1 Å². The first kappa shape index (κ1) is 9.96. The zero-order valence-electron chi connectivity index (χ0n) is 9.34. The van der Waals surface area contributed by atoms with E-state index >= 15 is 0 Å². The number of nitrogens with zero attached hydrogens (tertiary/aromatic N) is 1. The van der Waals surface area contributed by atoms with Crippen molar-refractivity contribution in [3.05, 3.63) is 27.7 Å². The highest BCUT2D eigenvalue weighted by Crippen LogP contribution is 2.21. The summed E-state index contributed by atoms with van der Waals surface area (Å²) < 4.78 is 5.06. The Hall–Kier alpha value is -1.58. The Morgan fingerprint density at radius 1 is 1.40 bits per heavy atom. The van der Waals surface area contributed by atoms with Gasteiger partial charge in [0.25, 0.3) is 0 Å². The number of fused-ring (bicyclic) bond motifs is 1. The predicted octanol–water partition coefficient (Wildman–Crippen LogP) is 2.12. The van der Waals surface area contributed by atoms with Crippen LogP contribution in [0.15, 0.2) is 15.4 Å². The SMILES string of the molecule is Cc1noc2[nH]c(C(C)(C)C)cc(=O)c12. The lowest BCUT2D eigenvalue weighted by molar-refractivity contribution is 0.439. The molecule has 1 N–H and O–H groups in total. The summed E-state index contributed by atoms with van der Waals surface area (Å²) in [6, 6.07) is 1.62. The molecular formula is C11H14N2O2. The maximum atomic E-state index is 11.8. The molecule has 80 valence electrons. The molecule has 0 aromatic carbocycles. The first-order valence-corrected chi connectivity index (χ1v) is 4.89. The molecule has 2 aromatic rings. The standard InChI is InChI=1S/C11H14N2O2/c1-6-9-7(14)5-8(11(2,3)4)12-10(9)15-13-6/h5H,1-4H3,(H,12,14). The quantitative estimate of drug-likeness (QED) is 0.718. The molecule has 0 unspecified atom stereocenters. The van der Waals surface area contributed by atoms with E-state index in [0.717, 1.165) is 5.69 Å². The molecule has 2 rings (SSSR count). The van der Waals surface area contributed by atoms with E-state index in [1.807, 2.05) is 20.8 Å². The smallest absolute Gasteiger partial charge is 0.240 e. The number of H-pyrrole nitrogens is 1. The van der Waals surface area contributed by atoms with Gasteiger partial charge >= 0.3 is 0 Å². The van der Waals surface area contributed by atoms with Crippen molar-refractivity contribution < 1.29 is 4.52 Å². The third-order valence-corrected chi connectivity index (χ3v) is 2.44. The molecule has 4 heteroatoms. The summed E-state index contributed by atoms with van der Waals surface area (Å²) in [5.41, 5.74) is 1.81. The van der Waals surface area contributed by atoms with Crippen LogP contribution in [0.4, 0.5) is 0 Å². The molecule has 0 saturated heterocycles. The van der Waals surface area contributed by atoms with E-state index in [0.29, 0.717) is 16.8 Å². The van der Waals surface area contributed by atoms with Crippen molar-refractivity contribution in [3.8, 4) is 0 Å². The van der Waals surface area contributed by atoms with Crippen LogP contribution in [0.3, 0.4) is 0 Å². The second-order valence-electron chi connectivity index (χ2n) is 4.77. The van der Waals surface area contributed by atoms with Crippen LogP contribution in [0.5, 0.6) is 0 Å². The summed E-state index contributed by atoms with van der Waals surface area (Å²) in [5.74, 6) is 0. The molecule has 15 heavy (non-hydrogen) atoms. The van der Waals surface area contributed by atoms with E-state index in [1.165, 1.54) is 0 Å². The van der Waals surface area contributed by atoms with Crippen LogP contribution in [0, 0.1) is 6.92 Å². The van der Waals surface area contributed by atoms with Crippen LogP contribution in [-0.2, 0) is 5.41 Å². The fourth-order valence-electron chi connectivity index (χ4n) is 1.51. The summed E-state index contributed by atoms with van der Waals surface area (Å²) in [4.78, 5) is 14.9. The summed E-state index contributed by atoms with van der Waals surface area (Å²) in [6.07, 6.45) is 0. The highest BCUT2D eigenvalue weighted by molar-refractivity contribution is 5.75. The first-order valence-electron chi connectivity index (χ1n) is 4.89. The number of pyridine rings is 1. The largest absolute Gasteiger partial charge is 0.337 e. The van der Waals surface area contributed by atoms with Crippen molar-refractivity contribution >= 4 is 11.1 Å².